The quantitative estimate of drug-likeness (QED) is 0.616. The van der Waals surface area contributed by atoms with Crippen LogP contribution in [0.3, 0.4) is 0 Å². The lowest BCUT2D eigenvalue weighted by Crippen LogP contribution is -2.24. The van der Waals surface area contributed by atoms with Crippen molar-refractivity contribution in [3.05, 3.63) is 9.75 Å². The first-order valence-electron chi connectivity index (χ1n) is 9.10. The third-order valence-corrected chi connectivity index (χ3v) is 10.7. The Morgan fingerprint density at radius 3 is 1.96 bits per heavy atom. The van der Waals surface area contributed by atoms with Gasteiger partial charge in [-0.1, -0.05) is 60.8 Å². The molecule has 6 heteroatoms. The van der Waals surface area contributed by atoms with E-state index in [0.717, 1.165) is 42.3 Å². The monoisotopic (exact) mass is 399 g/mol. The van der Waals surface area contributed by atoms with Crippen LogP contribution in [0.4, 0.5) is 0 Å². The fourth-order valence-corrected chi connectivity index (χ4v) is 8.55. The molecular formula is C19H29NO2S3. The standard InChI is InChI=1S/C19H29NO2S3/c1-18(2,3)15-13-14(16(24-15)19(4,5)6)23-17(20-13)25(21,22)12-10-8-7-9-11-12/h12H,7-11H2,1-6H3. The topological polar surface area (TPSA) is 47.0 Å². The van der Waals surface area contributed by atoms with Gasteiger partial charge >= 0.3 is 0 Å². The predicted molar refractivity (Wildman–Crippen MR) is 109 cm³/mol. The van der Waals surface area contributed by atoms with E-state index in [2.05, 4.69) is 41.5 Å². The van der Waals surface area contributed by atoms with Crippen LogP contribution in [0, 0.1) is 0 Å². The molecule has 1 aliphatic carbocycles. The Balaban J connectivity index is 2.18. The van der Waals surface area contributed by atoms with Crippen molar-refractivity contribution in [2.75, 3.05) is 0 Å². The molecule has 2 aromatic heterocycles. The van der Waals surface area contributed by atoms with E-state index in [1.165, 1.54) is 21.1 Å². The molecule has 140 valence electrons. The van der Waals surface area contributed by atoms with Crippen molar-refractivity contribution >= 4 is 42.7 Å². The number of thiazole rings is 1. The number of rotatable bonds is 2. The zero-order valence-electron chi connectivity index (χ0n) is 16.1. The minimum absolute atomic E-state index is 0.00911. The van der Waals surface area contributed by atoms with Gasteiger partial charge < -0.3 is 0 Å². The van der Waals surface area contributed by atoms with Crippen LogP contribution < -0.4 is 0 Å². The lowest BCUT2D eigenvalue weighted by Gasteiger charge is -2.20. The molecule has 3 nitrogen and oxygen atoms in total. The van der Waals surface area contributed by atoms with Crippen molar-refractivity contribution in [2.24, 2.45) is 0 Å². The van der Waals surface area contributed by atoms with Gasteiger partial charge in [-0.15, -0.1) is 22.7 Å². The molecule has 0 aliphatic heterocycles. The van der Waals surface area contributed by atoms with E-state index in [-0.39, 0.29) is 16.1 Å². The maximum Gasteiger partial charge on any atom is 0.210 e. The first-order valence-corrected chi connectivity index (χ1v) is 12.3. The fourth-order valence-electron chi connectivity index (χ4n) is 3.45. The fraction of sp³-hybridized carbons (Fsp3) is 0.737. The molecule has 0 N–H and O–H groups in total. The van der Waals surface area contributed by atoms with Gasteiger partial charge in [0.05, 0.1) is 15.5 Å². The molecule has 1 fully saturated rings. The van der Waals surface area contributed by atoms with Gasteiger partial charge in [-0.05, 0) is 23.7 Å². The number of aromatic nitrogens is 1. The molecule has 0 amide bonds. The second-order valence-electron chi connectivity index (χ2n) is 9.22. The summed E-state index contributed by atoms with van der Waals surface area (Å²) in [5, 5.41) is -0.239. The number of nitrogens with zero attached hydrogens (tertiary/aromatic N) is 1. The number of fused-ring (bicyclic) bond motifs is 1. The summed E-state index contributed by atoms with van der Waals surface area (Å²) in [5.41, 5.74) is 0.874. The molecule has 0 spiro atoms. The third kappa shape index (κ3) is 3.54. The molecule has 0 bridgehead atoms. The maximum atomic E-state index is 13.1. The van der Waals surface area contributed by atoms with Gasteiger partial charge in [-0.2, -0.15) is 0 Å². The van der Waals surface area contributed by atoms with Gasteiger partial charge in [-0.25, -0.2) is 13.4 Å². The molecule has 0 radical (unpaired) electrons. The van der Waals surface area contributed by atoms with E-state index >= 15 is 0 Å². The molecule has 0 aromatic carbocycles. The number of sulfone groups is 1. The highest BCUT2D eigenvalue weighted by Crippen LogP contribution is 2.47. The van der Waals surface area contributed by atoms with Gasteiger partial charge in [0, 0.05) is 9.75 Å². The van der Waals surface area contributed by atoms with Gasteiger partial charge in [0.2, 0.25) is 14.2 Å². The van der Waals surface area contributed by atoms with Gasteiger partial charge in [-0.3, -0.25) is 0 Å². The molecule has 25 heavy (non-hydrogen) atoms. The number of thiophene rings is 1. The molecule has 2 heterocycles. The van der Waals surface area contributed by atoms with Crippen molar-refractivity contribution in [3.8, 4) is 0 Å². The predicted octanol–water partition coefficient (Wildman–Crippen LogP) is 6.06. The summed E-state index contributed by atoms with van der Waals surface area (Å²) in [6.45, 7) is 13.1. The molecule has 0 saturated heterocycles. The Bertz CT molecular complexity index is 824. The average molecular weight is 400 g/mol. The first-order chi connectivity index (χ1) is 11.4. The van der Waals surface area contributed by atoms with E-state index in [1.807, 2.05) is 0 Å². The minimum Gasteiger partial charge on any atom is -0.224 e. The van der Waals surface area contributed by atoms with Crippen molar-refractivity contribution in [1.29, 1.82) is 0 Å². The maximum absolute atomic E-state index is 13.1. The van der Waals surface area contributed by atoms with Crippen molar-refractivity contribution in [2.45, 2.75) is 94.1 Å². The smallest absolute Gasteiger partial charge is 0.210 e. The third-order valence-electron chi connectivity index (χ3n) is 4.83. The molecular weight excluding hydrogens is 370 g/mol. The highest BCUT2D eigenvalue weighted by atomic mass is 32.2. The minimum atomic E-state index is -3.31. The SMILES string of the molecule is CC(C)(C)c1sc(C(C)(C)C)c2sc(S(=O)(=O)C3CCCCC3)nc12. The summed E-state index contributed by atoms with van der Waals surface area (Å²) in [6.07, 6.45) is 4.76. The van der Waals surface area contributed by atoms with E-state index in [9.17, 15) is 8.42 Å². The Hall–Kier alpha value is -0.460. The summed E-state index contributed by atoms with van der Waals surface area (Å²) in [7, 11) is -3.31. The Morgan fingerprint density at radius 2 is 1.44 bits per heavy atom. The van der Waals surface area contributed by atoms with Gasteiger partial charge in [0.1, 0.15) is 0 Å². The molecule has 1 aliphatic rings. The summed E-state index contributed by atoms with van der Waals surface area (Å²) in [6, 6.07) is 0. The second kappa shape index (κ2) is 6.31. The van der Waals surface area contributed by atoms with Crippen LogP contribution in [0.2, 0.25) is 0 Å². The largest absolute Gasteiger partial charge is 0.224 e. The van der Waals surface area contributed by atoms with E-state index < -0.39 is 9.84 Å². The lowest BCUT2D eigenvalue weighted by atomic mass is 9.92. The van der Waals surface area contributed by atoms with Gasteiger partial charge in [0.15, 0.2) is 0 Å². The average Bonchev–Trinajstić information content (AvgIpc) is 3.05. The lowest BCUT2D eigenvalue weighted by molar-refractivity contribution is 0.483. The Morgan fingerprint density at radius 1 is 0.880 bits per heavy atom. The zero-order valence-corrected chi connectivity index (χ0v) is 18.6. The Labute approximate surface area is 159 Å². The van der Waals surface area contributed by atoms with E-state index in [1.54, 1.807) is 11.3 Å². The summed E-state index contributed by atoms with van der Waals surface area (Å²) >= 11 is 3.20. The van der Waals surface area contributed by atoms with Crippen LogP contribution in [0.1, 0.15) is 83.4 Å². The van der Waals surface area contributed by atoms with Crippen LogP contribution >= 0.6 is 22.7 Å². The van der Waals surface area contributed by atoms with Crippen LogP contribution in [-0.4, -0.2) is 18.7 Å². The van der Waals surface area contributed by atoms with E-state index in [4.69, 9.17) is 4.98 Å². The zero-order chi connectivity index (χ0) is 18.6. The van der Waals surface area contributed by atoms with Crippen LogP contribution in [0.5, 0.6) is 0 Å². The first kappa shape index (κ1) is 19.3. The highest BCUT2D eigenvalue weighted by Gasteiger charge is 2.35. The van der Waals surface area contributed by atoms with E-state index in [0.29, 0.717) is 4.34 Å². The van der Waals surface area contributed by atoms with Gasteiger partial charge in [0.25, 0.3) is 0 Å². The molecule has 3 rings (SSSR count). The second-order valence-corrected chi connectivity index (χ2v) is 13.6. The van der Waals surface area contributed by atoms with Crippen LogP contribution in [0.15, 0.2) is 4.34 Å². The summed E-state index contributed by atoms with van der Waals surface area (Å²) in [5.74, 6) is 0. The van der Waals surface area contributed by atoms with Crippen LogP contribution in [0.25, 0.3) is 10.2 Å². The van der Waals surface area contributed by atoms with Crippen molar-refractivity contribution in [3.63, 3.8) is 0 Å². The summed E-state index contributed by atoms with van der Waals surface area (Å²) < 4.78 is 27.7. The normalized spacial score (nSPS) is 18.2. The Kier molecular flexibility index (Phi) is 4.87. The van der Waals surface area contributed by atoms with Crippen LogP contribution in [-0.2, 0) is 20.7 Å². The van der Waals surface area contributed by atoms with Crippen molar-refractivity contribution in [1.82, 2.24) is 4.98 Å². The molecule has 0 atom stereocenters. The number of hydrogen-bond acceptors (Lipinski definition) is 5. The summed E-state index contributed by atoms with van der Waals surface area (Å²) in [4.78, 5) is 7.16. The molecule has 1 saturated carbocycles. The number of hydrogen-bond donors (Lipinski definition) is 0. The highest BCUT2D eigenvalue weighted by molar-refractivity contribution is 7.94. The molecule has 2 aromatic rings. The molecule has 0 unspecified atom stereocenters. The van der Waals surface area contributed by atoms with Crippen molar-refractivity contribution < 1.29 is 8.42 Å².